The molecule has 4 rings (SSSR count). The summed E-state index contributed by atoms with van der Waals surface area (Å²) < 4.78 is 11.0. The molecule has 44 heavy (non-hydrogen) atoms. The summed E-state index contributed by atoms with van der Waals surface area (Å²) in [4.78, 5) is 44.2. The van der Waals surface area contributed by atoms with Crippen LogP contribution in [0.4, 0.5) is 4.79 Å². The number of amides is 3. The first-order valence-corrected chi connectivity index (χ1v) is 15.2. The fourth-order valence-electron chi connectivity index (χ4n) is 4.42. The second-order valence-electron chi connectivity index (χ2n) is 10.1. The van der Waals surface area contributed by atoms with Gasteiger partial charge in [0, 0.05) is 25.9 Å². The van der Waals surface area contributed by atoms with Gasteiger partial charge in [-0.25, -0.2) is 9.78 Å². The molecular formula is C33H37N5O5S. The normalized spacial score (nSPS) is 12.1. The van der Waals surface area contributed by atoms with Gasteiger partial charge in [0.1, 0.15) is 17.8 Å². The minimum absolute atomic E-state index is 0.155. The number of carbonyl (C=O) groups is 3. The Labute approximate surface area is 261 Å². The van der Waals surface area contributed by atoms with E-state index in [1.165, 1.54) is 11.3 Å². The molecule has 0 spiro atoms. The molecule has 0 radical (unpaired) electrons. The summed E-state index contributed by atoms with van der Waals surface area (Å²) in [6.07, 6.45) is -0.388. The van der Waals surface area contributed by atoms with E-state index in [2.05, 4.69) is 20.9 Å². The number of hydrogen-bond acceptors (Lipinski definition) is 8. The van der Waals surface area contributed by atoms with Crippen LogP contribution in [0.1, 0.15) is 34.9 Å². The van der Waals surface area contributed by atoms with Crippen LogP contribution in [-0.4, -0.2) is 41.6 Å². The summed E-state index contributed by atoms with van der Waals surface area (Å²) in [7, 11) is 0. The number of carbonyl (C=O) groups excluding carboxylic acids is 3. The van der Waals surface area contributed by atoms with Crippen molar-refractivity contribution in [2.45, 2.75) is 51.9 Å². The third kappa shape index (κ3) is 9.65. The van der Waals surface area contributed by atoms with Crippen molar-refractivity contribution in [3.63, 3.8) is 0 Å². The van der Waals surface area contributed by atoms with Crippen LogP contribution in [0.25, 0.3) is 0 Å². The molecule has 3 amide bonds. The van der Waals surface area contributed by atoms with Gasteiger partial charge in [-0.2, -0.15) is 0 Å². The first kappa shape index (κ1) is 32.2. The Morgan fingerprint density at radius 2 is 1.43 bits per heavy atom. The SMILES string of the molecule is CCOc1ccc(C[C@@H](NC(=O)Oc2scnc2C)C(=O)N[C@@H](Cc2ccccc2)C(=O)NCc2ccc(CN)cc2)cc1. The maximum Gasteiger partial charge on any atom is 0.414 e. The first-order valence-electron chi connectivity index (χ1n) is 14.3. The molecule has 2 atom stereocenters. The Balaban J connectivity index is 1.51. The number of thiazole rings is 1. The van der Waals surface area contributed by atoms with Gasteiger partial charge in [0.25, 0.3) is 0 Å². The fraction of sp³-hybridized carbons (Fsp3) is 0.273. The lowest BCUT2D eigenvalue weighted by atomic mass is 10.0. The monoisotopic (exact) mass is 615 g/mol. The predicted molar refractivity (Wildman–Crippen MR) is 169 cm³/mol. The lowest BCUT2D eigenvalue weighted by molar-refractivity contribution is -0.130. The zero-order valence-corrected chi connectivity index (χ0v) is 25.6. The lowest BCUT2D eigenvalue weighted by Gasteiger charge is -2.23. The number of ether oxygens (including phenoxy) is 2. The van der Waals surface area contributed by atoms with Gasteiger partial charge in [-0.05, 0) is 48.2 Å². The summed E-state index contributed by atoms with van der Waals surface area (Å²) in [5.41, 5.74) is 11.4. The number of hydrogen-bond donors (Lipinski definition) is 4. The summed E-state index contributed by atoms with van der Waals surface area (Å²) in [5.74, 6) is -0.185. The van der Waals surface area contributed by atoms with Crippen molar-refractivity contribution >= 4 is 29.2 Å². The number of nitrogens with two attached hydrogens (primary N) is 1. The molecular weight excluding hydrogens is 578 g/mol. The van der Waals surface area contributed by atoms with Crippen molar-refractivity contribution in [2.75, 3.05) is 6.61 Å². The molecule has 0 saturated heterocycles. The Morgan fingerprint density at radius 3 is 2.05 bits per heavy atom. The maximum atomic E-state index is 13.8. The molecule has 1 aromatic heterocycles. The van der Waals surface area contributed by atoms with Crippen LogP contribution in [0.3, 0.4) is 0 Å². The van der Waals surface area contributed by atoms with Gasteiger partial charge in [0.15, 0.2) is 0 Å². The summed E-state index contributed by atoms with van der Waals surface area (Å²) >= 11 is 1.18. The van der Waals surface area contributed by atoms with E-state index in [9.17, 15) is 14.4 Å². The number of nitrogens with zero attached hydrogens (tertiary/aromatic N) is 1. The van der Waals surface area contributed by atoms with Gasteiger partial charge in [-0.3, -0.25) is 9.59 Å². The van der Waals surface area contributed by atoms with E-state index in [-0.39, 0.29) is 25.3 Å². The van der Waals surface area contributed by atoms with Gasteiger partial charge in [-0.1, -0.05) is 78.1 Å². The van der Waals surface area contributed by atoms with Crippen molar-refractivity contribution in [3.05, 3.63) is 112 Å². The summed E-state index contributed by atoms with van der Waals surface area (Å²) in [6, 6.07) is 22.4. The molecule has 0 aliphatic carbocycles. The number of benzene rings is 3. The minimum atomic E-state index is -1.04. The van der Waals surface area contributed by atoms with E-state index in [1.54, 1.807) is 24.6 Å². The van der Waals surface area contributed by atoms with Crippen molar-refractivity contribution in [1.82, 2.24) is 20.9 Å². The average molecular weight is 616 g/mol. The highest BCUT2D eigenvalue weighted by atomic mass is 32.1. The second kappa shape index (κ2) is 16.2. The van der Waals surface area contributed by atoms with Gasteiger partial charge < -0.3 is 31.2 Å². The van der Waals surface area contributed by atoms with E-state index in [1.807, 2.05) is 73.7 Å². The van der Waals surface area contributed by atoms with E-state index in [0.29, 0.717) is 29.7 Å². The van der Waals surface area contributed by atoms with Crippen molar-refractivity contribution < 1.29 is 23.9 Å². The zero-order chi connectivity index (χ0) is 31.3. The maximum absolute atomic E-state index is 13.8. The summed E-state index contributed by atoms with van der Waals surface area (Å²) in [6.45, 7) is 4.86. The van der Waals surface area contributed by atoms with E-state index < -0.39 is 24.1 Å². The molecule has 4 aromatic rings. The van der Waals surface area contributed by atoms with Crippen LogP contribution in [0.15, 0.2) is 84.4 Å². The molecule has 0 aliphatic rings. The molecule has 230 valence electrons. The van der Waals surface area contributed by atoms with Crippen LogP contribution in [0, 0.1) is 6.92 Å². The molecule has 11 heteroatoms. The van der Waals surface area contributed by atoms with E-state index in [4.69, 9.17) is 15.2 Å². The van der Waals surface area contributed by atoms with Crippen LogP contribution in [0.5, 0.6) is 10.8 Å². The van der Waals surface area contributed by atoms with Crippen molar-refractivity contribution in [3.8, 4) is 10.8 Å². The quantitative estimate of drug-likeness (QED) is 0.168. The highest BCUT2D eigenvalue weighted by molar-refractivity contribution is 7.11. The van der Waals surface area contributed by atoms with Crippen molar-refractivity contribution in [2.24, 2.45) is 5.73 Å². The smallest absolute Gasteiger partial charge is 0.414 e. The van der Waals surface area contributed by atoms with Gasteiger partial charge in [0.05, 0.1) is 17.8 Å². The van der Waals surface area contributed by atoms with Gasteiger partial charge >= 0.3 is 6.09 Å². The molecule has 0 aliphatic heterocycles. The number of rotatable bonds is 14. The van der Waals surface area contributed by atoms with Gasteiger partial charge in [-0.15, -0.1) is 0 Å². The second-order valence-corrected chi connectivity index (χ2v) is 10.9. The zero-order valence-electron chi connectivity index (χ0n) is 24.7. The molecule has 1 heterocycles. The molecule has 0 unspecified atom stereocenters. The standard InChI is InChI=1S/C33H37N5O5S/c1-3-42-27-15-13-24(14-16-27)18-29(38-33(41)43-32-22(2)36-21-44-32)31(40)37-28(17-23-7-5-4-6-8-23)30(39)35-20-26-11-9-25(19-34)10-12-26/h4-16,21,28-29H,3,17-20,34H2,1-2H3,(H,35,39)(H,37,40)(H,38,41)/t28-,29+/m0/s1. The molecule has 3 aromatic carbocycles. The first-order chi connectivity index (χ1) is 21.3. The molecule has 0 fully saturated rings. The molecule has 0 saturated carbocycles. The van der Waals surface area contributed by atoms with Crippen LogP contribution >= 0.6 is 11.3 Å². The predicted octanol–water partition coefficient (Wildman–Crippen LogP) is 4.05. The van der Waals surface area contributed by atoms with Gasteiger partial charge in [0.2, 0.25) is 16.9 Å². The Morgan fingerprint density at radius 1 is 0.818 bits per heavy atom. The number of nitrogens with one attached hydrogen (secondary N) is 3. The van der Waals surface area contributed by atoms with Crippen LogP contribution < -0.4 is 31.2 Å². The third-order valence-electron chi connectivity index (χ3n) is 6.81. The fourth-order valence-corrected chi connectivity index (χ4v) is 5.07. The Bertz CT molecular complexity index is 1510. The van der Waals surface area contributed by atoms with Crippen LogP contribution in [0.2, 0.25) is 0 Å². The van der Waals surface area contributed by atoms with Crippen molar-refractivity contribution in [1.29, 1.82) is 0 Å². The number of aryl methyl sites for hydroxylation is 1. The molecule has 10 nitrogen and oxygen atoms in total. The van der Waals surface area contributed by atoms with Crippen LogP contribution in [-0.2, 0) is 35.5 Å². The molecule has 0 bridgehead atoms. The van der Waals surface area contributed by atoms with E-state index >= 15 is 0 Å². The lowest BCUT2D eigenvalue weighted by Crippen LogP contribution is -2.55. The topological polar surface area (TPSA) is 145 Å². The Hall–Kier alpha value is -4.74. The largest absolute Gasteiger partial charge is 0.494 e. The average Bonchev–Trinajstić information content (AvgIpc) is 3.44. The third-order valence-corrected chi connectivity index (χ3v) is 7.61. The molecule has 5 N–H and O–H groups in total. The minimum Gasteiger partial charge on any atom is -0.494 e. The highest BCUT2D eigenvalue weighted by Gasteiger charge is 2.28. The number of aromatic nitrogens is 1. The highest BCUT2D eigenvalue weighted by Crippen LogP contribution is 2.22. The Kier molecular flexibility index (Phi) is 11.8. The summed E-state index contributed by atoms with van der Waals surface area (Å²) in [5, 5.41) is 8.82. The van der Waals surface area contributed by atoms with E-state index in [0.717, 1.165) is 22.3 Å².